The summed E-state index contributed by atoms with van der Waals surface area (Å²) in [5.74, 6) is 1.95. The van der Waals surface area contributed by atoms with Gasteiger partial charge in [0.15, 0.2) is 5.78 Å². The van der Waals surface area contributed by atoms with Crippen LogP contribution in [0.25, 0.3) is 0 Å². The second-order valence-corrected chi connectivity index (χ2v) is 6.01. The third-order valence-electron chi connectivity index (χ3n) is 4.94. The van der Waals surface area contributed by atoms with E-state index in [9.17, 15) is 4.79 Å². The van der Waals surface area contributed by atoms with Gasteiger partial charge in [-0.3, -0.25) is 9.48 Å². The summed E-state index contributed by atoms with van der Waals surface area (Å²) in [6.07, 6.45) is 5.97. The molecule has 3 unspecified atom stereocenters. The van der Waals surface area contributed by atoms with E-state index in [1.165, 1.54) is 25.7 Å². The van der Waals surface area contributed by atoms with E-state index in [2.05, 4.69) is 16.7 Å². The Morgan fingerprint density at radius 1 is 1.33 bits per heavy atom. The maximum absolute atomic E-state index is 12.0. The van der Waals surface area contributed by atoms with E-state index in [0.29, 0.717) is 12.5 Å². The fourth-order valence-electron chi connectivity index (χ4n) is 4.08. The van der Waals surface area contributed by atoms with Gasteiger partial charge in [0.2, 0.25) is 0 Å². The van der Waals surface area contributed by atoms with Crippen LogP contribution in [-0.2, 0) is 0 Å². The Labute approximate surface area is 109 Å². The number of hydrogen-bond acceptors (Lipinski definition) is 2. The van der Waals surface area contributed by atoms with Gasteiger partial charge in [-0.2, -0.15) is 5.10 Å². The maximum atomic E-state index is 12.0. The molecule has 0 radical (unpaired) electrons. The summed E-state index contributed by atoms with van der Waals surface area (Å²) in [4.78, 5) is 12.0. The van der Waals surface area contributed by atoms with E-state index in [0.717, 1.165) is 28.8 Å². The minimum atomic E-state index is 0.236. The van der Waals surface area contributed by atoms with Crippen molar-refractivity contribution in [3.63, 3.8) is 0 Å². The monoisotopic (exact) mass is 246 g/mol. The van der Waals surface area contributed by atoms with Crippen LogP contribution < -0.4 is 0 Å². The Bertz CT molecular complexity index is 489. The molecule has 0 N–H and O–H groups in total. The largest absolute Gasteiger partial charge is 0.294 e. The Morgan fingerprint density at radius 2 is 2.11 bits per heavy atom. The molecular formula is C15H22N2O. The van der Waals surface area contributed by atoms with Crippen LogP contribution in [0, 0.1) is 25.7 Å². The Kier molecular flexibility index (Phi) is 2.80. The Hall–Kier alpha value is -1.12. The lowest BCUT2D eigenvalue weighted by molar-refractivity contribution is 0.0986. The average molecular weight is 246 g/mol. The molecule has 1 heterocycles. The highest BCUT2D eigenvalue weighted by atomic mass is 16.1. The summed E-state index contributed by atoms with van der Waals surface area (Å²) >= 11 is 0. The zero-order valence-corrected chi connectivity index (χ0v) is 11.6. The fourth-order valence-corrected chi connectivity index (χ4v) is 4.08. The summed E-state index contributed by atoms with van der Waals surface area (Å²) < 4.78 is 2.17. The minimum absolute atomic E-state index is 0.236. The number of rotatable bonds is 3. The van der Waals surface area contributed by atoms with Gasteiger partial charge >= 0.3 is 0 Å². The van der Waals surface area contributed by atoms with Crippen molar-refractivity contribution >= 4 is 5.78 Å². The highest BCUT2D eigenvalue weighted by Gasteiger charge is 2.41. The summed E-state index contributed by atoms with van der Waals surface area (Å²) in [5.41, 5.74) is 2.89. The number of Topliss-reactive ketones (excluding diaryl/α,β-unsaturated/α-hetero) is 1. The second kappa shape index (κ2) is 4.22. The molecule has 1 aromatic rings. The van der Waals surface area contributed by atoms with E-state index < -0.39 is 0 Å². The number of ketones is 1. The molecule has 1 aromatic heterocycles. The number of hydrogen-bond donors (Lipinski definition) is 0. The first-order valence-corrected chi connectivity index (χ1v) is 7.20. The van der Waals surface area contributed by atoms with Gasteiger partial charge in [0.25, 0.3) is 0 Å². The molecule has 3 rings (SSSR count). The van der Waals surface area contributed by atoms with Crippen molar-refractivity contribution in [3.05, 3.63) is 17.0 Å². The second-order valence-electron chi connectivity index (χ2n) is 6.01. The van der Waals surface area contributed by atoms with Crippen LogP contribution in [-0.4, -0.2) is 15.6 Å². The maximum Gasteiger partial charge on any atom is 0.166 e. The lowest BCUT2D eigenvalue weighted by Crippen LogP contribution is -2.19. The Morgan fingerprint density at radius 3 is 2.67 bits per heavy atom. The van der Waals surface area contributed by atoms with Gasteiger partial charge < -0.3 is 0 Å². The van der Waals surface area contributed by atoms with Gasteiger partial charge in [-0.25, -0.2) is 0 Å². The van der Waals surface area contributed by atoms with Gasteiger partial charge in [0.1, 0.15) is 0 Å². The first-order chi connectivity index (χ1) is 8.61. The molecule has 2 saturated carbocycles. The summed E-state index contributed by atoms with van der Waals surface area (Å²) in [5, 5.41) is 4.68. The number of aromatic nitrogens is 2. The van der Waals surface area contributed by atoms with Gasteiger partial charge in [-0.15, -0.1) is 0 Å². The minimum Gasteiger partial charge on any atom is -0.294 e. The molecule has 98 valence electrons. The van der Waals surface area contributed by atoms with Crippen molar-refractivity contribution in [1.29, 1.82) is 0 Å². The molecule has 2 fully saturated rings. The fraction of sp³-hybridized carbons (Fsp3) is 0.733. The third-order valence-corrected chi connectivity index (χ3v) is 4.94. The number of fused-ring (bicyclic) bond motifs is 2. The molecule has 0 saturated heterocycles. The smallest absolute Gasteiger partial charge is 0.166 e. The molecule has 3 heteroatoms. The van der Waals surface area contributed by atoms with Crippen molar-refractivity contribution in [2.45, 2.75) is 58.9 Å². The zero-order chi connectivity index (χ0) is 12.9. The van der Waals surface area contributed by atoms with Crippen molar-refractivity contribution in [3.8, 4) is 0 Å². The predicted molar refractivity (Wildman–Crippen MR) is 70.8 cm³/mol. The average Bonchev–Trinajstić information content (AvgIpc) is 3.03. The molecule has 2 aliphatic carbocycles. The van der Waals surface area contributed by atoms with Crippen molar-refractivity contribution in [1.82, 2.24) is 9.78 Å². The van der Waals surface area contributed by atoms with Crippen molar-refractivity contribution in [2.24, 2.45) is 11.8 Å². The van der Waals surface area contributed by atoms with Gasteiger partial charge in [0, 0.05) is 12.1 Å². The molecule has 0 spiro atoms. The van der Waals surface area contributed by atoms with Crippen LogP contribution in [0.1, 0.15) is 66.8 Å². The first kappa shape index (κ1) is 11.9. The zero-order valence-electron chi connectivity index (χ0n) is 11.6. The van der Waals surface area contributed by atoms with E-state index in [1.54, 1.807) is 0 Å². The van der Waals surface area contributed by atoms with Crippen LogP contribution in [0.15, 0.2) is 0 Å². The van der Waals surface area contributed by atoms with E-state index in [4.69, 9.17) is 0 Å². The molecule has 3 nitrogen and oxygen atoms in total. The quantitative estimate of drug-likeness (QED) is 0.766. The van der Waals surface area contributed by atoms with Crippen molar-refractivity contribution in [2.75, 3.05) is 0 Å². The lowest BCUT2D eigenvalue weighted by Gasteiger charge is -2.23. The highest BCUT2D eigenvalue weighted by Crippen LogP contribution is 2.51. The summed E-state index contributed by atoms with van der Waals surface area (Å²) in [6.45, 7) is 5.96. The highest BCUT2D eigenvalue weighted by molar-refractivity contribution is 5.97. The topological polar surface area (TPSA) is 34.9 Å². The number of aryl methyl sites for hydroxylation is 1. The molecule has 0 aliphatic heterocycles. The molecular weight excluding hydrogens is 224 g/mol. The van der Waals surface area contributed by atoms with Crippen LogP contribution in [0.4, 0.5) is 0 Å². The molecule has 2 aliphatic rings. The number of carbonyl (C=O) groups is 1. The Balaban J connectivity index is 1.96. The van der Waals surface area contributed by atoms with Crippen molar-refractivity contribution < 1.29 is 4.79 Å². The van der Waals surface area contributed by atoms with Gasteiger partial charge in [0.05, 0.1) is 17.3 Å². The first-order valence-electron chi connectivity index (χ1n) is 7.20. The van der Waals surface area contributed by atoms with Crippen LogP contribution in [0.2, 0.25) is 0 Å². The van der Waals surface area contributed by atoms with Crippen LogP contribution in [0.3, 0.4) is 0 Å². The molecule has 2 bridgehead atoms. The number of nitrogens with zero attached hydrogens (tertiary/aromatic N) is 2. The molecule has 3 atom stereocenters. The lowest BCUT2D eigenvalue weighted by atomic mass is 9.95. The molecule has 0 amide bonds. The summed E-state index contributed by atoms with van der Waals surface area (Å²) in [6, 6.07) is 0.556. The van der Waals surface area contributed by atoms with E-state index in [-0.39, 0.29) is 5.78 Å². The molecule has 18 heavy (non-hydrogen) atoms. The third kappa shape index (κ3) is 1.63. The van der Waals surface area contributed by atoms with Crippen LogP contribution >= 0.6 is 0 Å². The van der Waals surface area contributed by atoms with Crippen LogP contribution in [0.5, 0.6) is 0 Å². The summed E-state index contributed by atoms with van der Waals surface area (Å²) in [7, 11) is 0. The van der Waals surface area contributed by atoms with E-state index >= 15 is 0 Å². The normalized spacial score (nSPS) is 30.1. The predicted octanol–water partition coefficient (Wildman–Crippen LogP) is 3.45. The van der Waals surface area contributed by atoms with Gasteiger partial charge in [-0.1, -0.05) is 13.3 Å². The van der Waals surface area contributed by atoms with Gasteiger partial charge in [-0.05, 0) is 44.9 Å². The number of carbonyl (C=O) groups excluding carboxylic acids is 1. The van der Waals surface area contributed by atoms with E-state index in [1.807, 2.05) is 13.8 Å². The SMILES string of the molecule is CCC(=O)c1c(C)nn(C2CC3CCC2C3)c1C. The standard InChI is InChI=1S/C15H22N2O/c1-4-14(18)15-9(2)16-17(10(15)3)13-8-11-5-6-12(13)7-11/h11-13H,4-8H2,1-3H3. The molecule has 0 aromatic carbocycles.